The average Bonchev–Trinajstić information content (AvgIpc) is 2.46. The van der Waals surface area contributed by atoms with Gasteiger partial charge in [-0.1, -0.05) is 66.7 Å². The maximum atomic E-state index is 10.4. The first kappa shape index (κ1) is 12.3. The van der Waals surface area contributed by atoms with Gasteiger partial charge in [0.05, 0.1) is 0 Å². The van der Waals surface area contributed by atoms with Gasteiger partial charge in [0.25, 0.3) is 0 Å². The molecule has 0 aliphatic heterocycles. The molecule has 0 aliphatic rings. The molecule has 0 bridgehead atoms. The first-order valence-electron chi connectivity index (χ1n) is 6.16. The Morgan fingerprint density at radius 1 is 0.778 bits per heavy atom. The van der Waals surface area contributed by atoms with E-state index in [1.807, 2.05) is 36.4 Å². The molecule has 0 atom stereocenters. The smallest absolute Gasteiger partial charge is 0.120 e. The van der Waals surface area contributed by atoms with Crippen LogP contribution in [0.4, 0.5) is 0 Å². The van der Waals surface area contributed by atoms with E-state index in [-0.39, 0.29) is 0 Å². The Hall–Kier alpha value is -2.15. The summed E-state index contributed by atoms with van der Waals surface area (Å²) < 4.78 is 0. The summed E-state index contributed by atoms with van der Waals surface area (Å²) in [5.41, 5.74) is 3.57. The van der Waals surface area contributed by atoms with E-state index in [0.29, 0.717) is 6.42 Å². The van der Waals surface area contributed by atoms with Gasteiger partial charge in [-0.05, 0) is 23.1 Å². The van der Waals surface area contributed by atoms with Crippen LogP contribution in [0.15, 0.2) is 66.7 Å². The van der Waals surface area contributed by atoms with Crippen LogP contribution < -0.4 is 0 Å². The van der Waals surface area contributed by atoms with Crippen LogP contribution in [0.5, 0.6) is 0 Å². The number of rotatable bonds is 5. The molecule has 0 aliphatic carbocycles. The van der Waals surface area contributed by atoms with Crippen molar-refractivity contribution >= 4 is 11.9 Å². The zero-order chi connectivity index (χ0) is 12.6. The number of aldehydes is 1. The lowest BCUT2D eigenvalue weighted by Gasteiger charge is -2.08. The predicted octanol–water partition coefficient (Wildman–Crippen LogP) is 4.10. The summed E-state index contributed by atoms with van der Waals surface area (Å²) in [5, 5.41) is 0. The maximum Gasteiger partial charge on any atom is 0.120 e. The van der Waals surface area contributed by atoms with E-state index in [4.69, 9.17) is 0 Å². The van der Waals surface area contributed by atoms with Crippen molar-refractivity contribution < 1.29 is 4.79 Å². The summed E-state index contributed by atoms with van der Waals surface area (Å²) in [7, 11) is 0. The SMILES string of the molecule is O=CCCC=C(c1ccccc1)c1ccccc1. The number of carbonyl (C=O) groups excluding carboxylic acids is 1. The van der Waals surface area contributed by atoms with E-state index < -0.39 is 0 Å². The Bertz CT molecular complexity index is 470. The molecule has 0 unspecified atom stereocenters. The highest BCUT2D eigenvalue weighted by atomic mass is 16.1. The van der Waals surface area contributed by atoms with Crippen molar-refractivity contribution in [3.8, 4) is 0 Å². The molecular formula is C17H16O. The van der Waals surface area contributed by atoms with Crippen LogP contribution >= 0.6 is 0 Å². The molecule has 0 fully saturated rings. The van der Waals surface area contributed by atoms with Gasteiger partial charge in [-0.25, -0.2) is 0 Å². The maximum absolute atomic E-state index is 10.4. The normalized spacial score (nSPS) is 9.78. The third-order valence-corrected chi connectivity index (χ3v) is 2.80. The Morgan fingerprint density at radius 3 is 1.72 bits per heavy atom. The molecular weight excluding hydrogens is 220 g/mol. The summed E-state index contributed by atoms with van der Waals surface area (Å²) in [4.78, 5) is 10.4. The Kier molecular flexibility index (Phi) is 4.48. The molecule has 0 N–H and O–H groups in total. The van der Waals surface area contributed by atoms with Crippen molar-refractivity contribution in [3.63, 3.8) is 0 Å². The molecule has 0 spiro atoms. The molecule has 2 rings (SSSR count). The standard InChI is InChI=1S/C17H16O/c18-14-8-7-13-17(15-9-3-1-4-10-15)16-11-5-2-6-12-16/h1-6,9-14H,7-8H2. The minimum atomic E-state index is 0.573. The average molecular weight is 236 g/mol. The molecule has 0 saturated heterocycles. The second kappa shape index (κ2) is 6.55. The Balaban J connectivity index is 2.35. The third-order valence-electron chi connectivity index (χ3n) is 2.80. The van der Waals surface area contributed by atoms with E-state index in [0.717, 1.165) is 12.7 Å². The van der Waals surface area contributed by atoms with Crippen molar-refractivity contribution in [2.24, 2.45) is 0 Å². The van der Waals surface area contributed by atoms with E-state index in [1.165, 1.54) is 16.7 Å². The van der Waals surface area contributed by atoms with Crippen molar-refractivity contribution in [1.29, 1.82) is 0 Å². The molecule has 0 heterocycles. The van der Waals surface area contributed by atoms with E-state index in [2.05, 4.69) is 30.3 Å². The van der Waals surface area contributed by atoms with Crippen molar-refractivity contribution in [2.45, 2.75) is 12.8 Å². The highest BCUT2D eigenvalue weighted by Gasteiger charge is 2.03. The fourth-order valence-electron chi connectivity index (χ4n) is 1.93. The minimum Gasteiger partial charge on any atom is -0.303 e. The summed E-state index contributed by atoms with van der Waals surface area (Å²) in [6.45, 7) is 0. The largest absolute Gasteiger partial charge is 0.303 e. The van der Waals surface area contributed by atoms with Gasteiger partial charge >= 0.3 is 0 Å². The fourth-order valence-corrected chi connectivity index (χ4v) is 1.93. The van der Waals surface area contributed by atoms with Gasteiger partial charge in [0, 0.05) is 6.42 Å². The number of hydrogen-bond donors (Lipinski definition) is 0. The molecule has 0 saturated carbocycles. The second-order valence-electron chi connectivity index (χ2n) is 4.09. The van der Waals surface area contributed by atoms with E-state index in [1.54, 1.807) is 0 Å². The van der Waals surface area contributed by atoms with E-state index in [9.17, 15) is 4.79 Å². The molecule has 0 amide bonds. The summed E-state index contributed by atoms with van der Waals surface area (Å²) in [6.07, 6.45) is 4.45. The van der Waals surface area contributed by atoms with Crippen molar-refractivity contribution in [1.82, 2.24) is 0 Å². The quantitative estimate of drug-likeness (QED) is 0.564. The van der Waals surface area contributed by atoms with Gasteiger partial charge in [0.2, 0.25) is 0 Å². The van der Waals surface area contributed by atoms with Gasteiger partial charge < -0.3 is 4.79 Å². The van der Waals surface area contributed by atoms with Gasteiger partial charge in [0.15, 0.2) is 0 Å². The van der Waals surface area contributed by atoms with Gasteiger partial charge in [0.1, 0.15) is 6.29 Å². The van der Waals surface area contributed by atoms with Crippen LogP contribution in [0.1, 0.15) is 24.0 Å². The van der Waals surface area contributed by atoms with Crippen LogP contribution in [-0.2, 0) is 4.79 Å². The van der Waals surface area contributed by atoms with Crippen LogP contribution in [-0.4, -0.2) is 6.29 Å². The molecule has 0 aromatic heterocycles. The molecule has 1 nitrogen and oxygen atoms in total. The number of carbonyl (C=O) groups is 1. The molecule has 90 valence electrons. The Labute approximate surface area is 108 Å². The topological polar surface area (TPSA) is 17.1 Å². The predicted molar refractivity (Wildman–Crippen MR) is 75.3 cm³/mol. The summed E-state index contributed by atoms with van der Waals surface area (Å²) in [6, 6.07) is 20.5. The molecule has 1 heteroatoms. The molecule has 2 aromatic carbocycles. The number of hydrogen-bond acceptors (Lipinski definition) is 1. The minimum absolute atomic E-state index is 0.573. The van der Waals surface area contributed by atoms with Crippen LogP contribution in [0.3, 0.4) is 0 Å². The van der Waals surface area contributed by atoms with Crippen molar-refractivity contribution in [2.75, 3.05) is 0 Å². The summed E-state index contributed by atoms with van der Waals surface area (Å²) >= 11 is 0. The first-order chi connectivity index (χ1) is 8.92. The lowest BCUT2D eigenvalue weighted by molar-refractivity contribution is -0.107. The molecule has 18 heavy (non-hydrogen) atoms. The van der Waals surface area contributed by atoms with Crippen LogP contribution in [0.2, 0.25) is 0 Å². The lowest BCUT2D eigenvalue weighted by Crippen LogP contribution is -1.88. The molecule has 2 aromatic rings. The lowest BCUT2D eigenvalue weighted by atomic mass is 9.97. The summed E-state index contributed by atoms with van der Waals surface area (Å²) in [5.74, 6) is 0. The number of allylic oxidation sites excluding steroid dienone is 1. The number of benzene rings is 2. The second-order valence-corrected chi connectivity index (χ2v) is 4.09. The van der Waals surface area contributed by atoms with Crippen molar-refractivity contribution in [3.05, 3.63) is 77.9 Å². The van der Waals surface area contributed by atoms with E-state index >= 15 is 0 Å². The Morgan fingerprint density at radius 2 is 1.28 bits per heavy atom. The highest BCUT2D eigenvalue weighted by Crippen LogP contribution is 2.23. The molecule has 0 radical (unpaired) electrons. The van der Waals surface area contributed by atoms with Gasteiger partial charge in [-0.3, -0.25) is 0 Å². The highest BCUT2D eigenvalue weighted by molar-refractivity contribution is 5.79. The van der Waals surface area contributed by atoms with Crippen LogP contribution in [0.25, 0.3) is 5.57 Å². The monoisotopic (exact) mass is 236 g/mol. The van der Waals surface area contributed by atoms with Crippen LogP contribution in [0, 0.1) is 0 Å². The zero-order valence-corrected chi connectivity index (χ0v) is 10.3. The third kappa shape index (κ3) is 3.17. The fraction of sp³-hybridized carbons (Fsp3) is 0.118. The zero-order valence-electron chi connectivity index (χ0n) is 10.3. The van der Waals surface area contributed by atoms with Gasteiger partial charge in [-0.15, -0.1) is 0 Å². The first-order valence-corrected chi connectivity index (χ1v) is 6.16. The number of unbranched alkanes of at least 4 members (excludes halogenated alkanes) is 1. The van der Waals surface area contributed by atoms with Gasteiger partial charge in [-0.2, -0.15) is 0 Å².